The second-order valence-electron chi connectivity index (χ2n) is 6.96. The number of esters is 1. The molecule has 0 fully saturated rings. The Balaban J connectivity index is 1.71. The average molecular weight is 436 g/mol. The van der Waals surface area contributed by atoms with Gasteiger partial charge in [-0.2, -0.15) is 13.2 Å². The molecule has 0 aliphatic carbocycles. The van der Waals surface area contributed by atoms with Crippen molar-refractivity contribution in [2.45, 2.75) is 39.3 Å². The first-order valence-corrected chi connectivity index (χ1v) is 9.55. The molecule has 2 rings (SSSR count). The molecular weight excluding hydrogens is 413 g/mol. The molecule has 0 bridgehead atoms. The lowest BCUT2D eigenvalue weighted by Gasteiger charge is -2.11. The van der Waals surface area contributed by atoms with E-state index in [2.05, 4.69) is 10.6 Å². The van der Waals surface area contributed by atoms with Gasteiger partial charge in [0.25, 0.3) is 5.91 Å². The number of ether oxygens (including phenoxy) is 1. The Morgan fingerprint density at radius 2 is 1.55 bits per heavy atom. The topological polar surface area (TPSA) is 84.5 Å². The van der Waals surface area contributed by atoms with Crippen molar-refractivity contribution in [2.24, 2.45) is 0 Å². The van der Waals surface area contributed by atoms with Crippen LogP contribution in [0.2, 0.25) is 0 Å². The van der Waals surface area contributed by atoms with Crippen LogP contribution in [0.5, 0.6) is 0 Å². The fourth-order valence-electron chi connectivity index (χ4n) is 2.80. The van der Waals surface area contributed by atoms with E-state index in [0.717, 1.165) is 23.3 Å². The molecule has 0 radical (unpaired) electrons. The molecule has 9 heteroatoms. The number of carbonyl (C=O) groups is 3. The molecule has 166 valence electrons. The number of anilines is 2. The summed E-state index contributed by atoms with van der Waals surface area (Å²) in [5, 5.41) is 5.05. The summed E-state index contributed by atoms with van der Waals surface area (Å²) in [6.07, 6.45) is -4.57. The molecule has 0 atom stereocenters. The van der Waals surface area contributed by atoms with Crippen LogP contribution in [0, 0.1) is 13.8 Å². The van der Waals surface area contributed by atoms with E-state index in [1.165, 1.54) is 12.1 Å². The van der Waals surface area contributed by atoms with Gasteiger partial charge >= 0.3 is 12.1 Å². The number of halogens is 3. The van der Waals surface area contributed by atoms with E-state index in [4.69, 9.17) is 4.74 Å². The highest BCUT2D eigenvalue weighted by Gasteiger charge is 2.30. The standard InChI is InChI=1S/C22H23F3N2O4/c1-14-6-3-7-15(2)21(14)27-19(29)13-31-20(30)11-5-10-18(28)26-17-9-4-8-16(12-17)22(23,24)25/h3-4,6-9,12H,5,10-11,13H2,1-2H3,(H,26,28)(H,27,29). The second kappa shape index (κ2) is 10.6. The minimum Gasteiger partial charge on any atom is -0.456 e. The number of hydrogen-bond donors (Lipinski definition) is 2. The van der Waals surface area contributed by atoms with Gasteiger partial charge in [-0.05, 0) is 49.6 Å². The molecule has 2 aromatic carbocycles. The Bertz CT molecular complexity index is 938. The third-order valence-corrected chi connectivity index (χ3v) is 4.37. The van der Waals surface area contributed by atoms with Crippen LogP contribution in [0.1, 0.15) is 36.0 Å². The number of benzene rings is 2. The van der Waals surface area contributed by atoms with Crippen molar-refractivity contribution in [1.82, 2.24) is 0 Å². The number of amides is 2. The molecule has 0 aliphatic heterocycles. The van der Waals surface area contributed by atoms with Crippen molar-refractivity contribution in [1.29, 1.82) is 0 Å². The summed E-state index contributed by atoms with van der Waals surface area (Å²) in [5.41, 5.74) is 1.58. The van der Waals surface area contributed by atoms with Crippen LogP contribution >= 0.6 is 0 Å². The van der Waals surface area contributed by atoms with Gasteiger partial charge in [-0.3, -0.25) is 14.4 Å². The maximum absolute atomic E-state index is 12.7. The predicted octanol–water partition coefficient (Wildman–Crippen LogP) is 4.61. The molecule has 2 N–H and O–H groups in total. The zero-order chi connectivity index (χ0) is 23.0. The first-order valence-electron chi connectivity index (χ1n) is 9.55. The van der Waals surface area contributed by atoms with Crippen LogP contribution in [-0.2, 0) is 25.3 Å². The zero-order valence-electron chi connectivity index (χ0n) is 17.1. The Morgan fingerprint density at radius 1 is 0.903 bits per heavy atom. The van der Waals surface area contributed by atoms with Gasteiger partial charge in [0.15, 0.2) is 6.61 Å². The molecule has 0 heterocycles. The Labute approximate surface area is 177 Å². The van der Waals surface area contributed by atoms with Crippen molar-refractivity contribution >= 4 is 29.2 Å². The lowest BCUT2D eigenvalue weighted by molar-refractivity contribution is -0.147. The van der Waals surface area contributed by atoms with E-state index in [0.29, 0.717) is 5.69 Å². The molecule has 0 spiro atoms. The molecule has 6 nitrogen and oxygen atoms in total. The molecule has 0 unspecified atom stereocenters. The smallest absolute Gasteiger partial charge is 0.416 e. The van der Waals surface area contributed by atoms with Crippen molar-refractivity contribution < 1.29 is 32.3 Å². The highest BCUT2D eigenvalue weighted by atomic mass is 19.4. The maximum atomic E-state index is 12.7. The largest absolute Gasteiger partial charge is 0.456 e. The summed E-state index contributed by atoms with van der Waals surface area (Å²) in [5.74, 6) is -1.66. The van der Waals surface area contributed by atoms with Gasteiger partial charge in [0.1, 0.15) is 0 Å². The normalized spacial score (nSPS) is 11.0. The van der Waals surface area contributed by atoms with Gasteiger partial charge in [0.05, 0.1) is 5.56 Å². The van der Waals surface area contributed by atoms with E-state index < -0.39 is 36.1 Å². The average Bonchev–Trinajstić information content (AvgIpc) is 2.69. The second-order valence-corrected chi connectivity index (χ2v) is 6.96. The number of aryl methyl sites for hydroxylation is 2. The lowest BCUT2D eigenvalue weighted by atomic mass is 10.1. The third kappa shape index (κ3) is 7.76. The molecule has 0 aromatic heterocycles. The minimum atomic E-state index is -4.51. The lowest BCUT2D eigenvalue weighted by Crippen LogP contribution is -2.22. The fourth-order valence-corrected chi connectivity index (χ4v) is 2.80. The van der Waals surface area contributed by atoms with Crippen molar-refractivity contribution in [3.63, 3.8) is 0 Å². The number of hydrogen-bond acceptors (Lipinski definition) is 4. The fraction of sp³-hybridized carbons (Fsp3) is 0.318. The summed E-state index contributed by atoms with van der Waals surface area (Å²) in [7, 11) is 0. The Hall–Kier alpha value is -3.36. The number of para-hydroxylation sites is 1. The molecule has 0 aliphatic rings. The predicted molar refractivity (Wildman–Crippen MR) is 109 cm³/mol. The summed E-state index contributed by atoms with van der Waals surface area (Å²) >= 11 is 0. The first-order chi connectivity index (χ1) is 14.6. The highest BCUT2D eigenvalue weighted by molar-refractivity contribution is 5.94. The van der Waals surface area contributed by atoms with Crippen LogP contribution < -0.4 is 10.6 Å². The van der Waals surface area contributed by atoms with Crippen LogP contribution in [0.25, 0.3) is 0 Å². The van der Waals surface area contributed by atoms with Crippen molar-refractivity contribution in [3.05, 3.63) is 59.2 Å². The molecule has 2 aromatic rings. The highest BCUT2D eigenvalue weighted by Crippen LogP contribution is 2.30. The van der Waals surface area contributed by atoms with Gasteiger partial charge in [-0.25, -0.2) is 0 Å². The number of nitrogens with one attached hydrogen (secondary N) is 2. The number of carbonyl (C=O) groups excluding carboxylic acids is 3. The van der Waals surface area contributed by atoms with E-state index in [-0.39, 0.29) is 24.9 Å². The van der Waals surface area contributed by atoms with Gasteiger partial charge in [-0.1, -0.05) is 24.3 Å². The van der Waals surface area contributed by atoms with Crippen LogP contribution in [0.3, 0.4) is 0 Å². The number of rotatable bonds is 8. The van der Waals surface area contributed by atoms with Crippen LogP contribution in [0.4, 0.5) is 24.5 Å². The van der Waals surface area contributed by atoms with Crippen molar-refractivity contribution in [3.8, 4) is 0 Å². The molecule has 0 saturated heterocycles. The molecule has 2 amide bonds. The SMILES string of the molecule is Cc1cccc(C)c1NC(=O)COC(=O)CCCC(=O)Nc1cccc(C(F)(F)F)c1. The minimum absolute atomic E-state index is 0.0190. The van der Waals surface area contributed by atoms with Crippen LogP contribution in [-0.4, -0.2) is 24.4 Å². The first kappa shape index (κ1) is 23.9. The Morgan fingerprint density at radius 3 is 2.19 bits per heavy atom. The zero-order valence-corrected chi connectivity index (χ0v) is 17.1. The van der Waals surface area contributed by atoms with E-state index >= 15 is 0 Å². The monoisotopic (exact) mass is 436 g/mol. The van der Waals surface area contributed by atoms with Crippen LogP contribution in [0.15, 0.2) is 42.5 Å². The maximum Gasteiger partial charge on any atom is 0.416 e. The summed E-state index contributed by atoms with van der Waals surface area (Å²) in [6, 6.07) is 9.83. The Kier molecular flexibility index (Phi) is 8.18. The van der Waals surface area contributed by atoms with Gasteiger partial charge < -0.3 is 15.4 Å². The summed E-state index contributed by atoms with van der Waals surface area (Å²) < 4.78 is 43.0. The third-order valence-electron chi connectivity index (χ3n) is 4.37. The van der Waals surface area contributed by atoms with E-state index in [9.17, 15) is 27.6 Å². The molecular formula is C22H23F3N2O4. The van der Waals surface area contributed by atoms with Gasteiger partial charge in [0, 0.05) is 24.2 Å². The quantitative estimate of drug-likeness (QED) is 0.592. The van der Waals surface area contributed by atoms with E-state index in [1.54, 1.807) is 0 Å². The van der Waals surface area contributed by atoms with Gasteiger partial charge in [-0.15, -0.1) is 0 Å². The molecule has 0 saturated carbocycles. The van der Waals surface area contributed by atoms with E-state index in [1.807, 2.05) is 32.0 Å². The van der Waals surface area contributed by atoms with Crippen molar-refractivity contribution in [2.75, 3.05) is 17.2 Å². The summed E-state index contributed by atoms with van der Waals surface area (Å²) in [6.45, 7) is 3.24. The summed E-state index contributed by atoms with van der Waals surface area (Å²) in [4.78, 5) is 35.6. The van der Waals surface area contributed by atoms with Gasteiger partial charge in [0.2, 0.25) is 5.91 Å². The molecule has 31 heavy (non-hydrogen) atoms. The number of alkyl halides is 3.